The molecule has 0 atom stereocenters. The predicted molar refractivity (Wildman–Crippen MR) is 56.6 cm³/mol. The minimum Gasteiger partial charge on any atom is -0.280 e. The summed E-state index contributed by atoms with van der Waals surface area (Å²) in [6, 6.07) is 1.93. The van der Waals surface area contributed by atoms with Gasteiger partial charge in [0.1, 0.15) is 0 Å². The molecule has 70 valence electrons. The van der Waals surface area contributed by atoms with Gasteiger partial charge in [0.2, 0.25) is 0 Å². The van der Waals surface area contributed by atoms with Crippen LogP contribution in [0.3, 0.4) is 0 Å². The second-order valence-electron chi connectivity index (χ2n) is 2.93. The molecular formula is C11H11N3. The van der Waals surface area contributed by atoms with Crippen molar-refractivity contribution in [3.8, 4) is 0 Å². The smallest absolute Gasteiger partial charge is 0.0678 e. The van der Waals surface area contributed by atoms with Gasteiger partial charge in [-0.25, -0.2) is 0 Å². The fraction of sp³-hybridized carbons (Fsp3) is 0.182. The third-order valence-electron chi connectivity index (χ3n) is 1.93. The molecule has 0 spiro atoms. The van der Waals surface area contributed by atoms with Gasteiger partial charge in [-0.15, -0.1) is 0 Å². The third-order valence-corrected chi connectivity index (χ3v) is 1.93. The van der Waals surface area contributed by atoms with Gasteiger partial charge in [0.15, 0.2) is 0 Å². The zero-order valence-corrected chi connectivity index (χ0v) is 7.80. The first-order valence-electron chi connectivity index (χ1n) is 4.58. The van der Waals surface area contributed by atoms with Crippen LogP contribution in [0.2, 0.25) is 0 Å². The van der Waals surface area contributed by atoms with E-state index < -0.39 is 0 Å². The second-order valence-corrected chi connectivity index (χ2v) is 2.93. The second kappa shape index (κ2) is 4.46. The summed E-state index contributed by atoms with van der Waals surface area (Å²) in [6.07, 6.45) is 12.1. The standard InChI is InChI=1S/C11H11N3/c1-3-10-9-13-8-4-11(10)14-7-2-6-12-5-1/h2-6,8-9H,1,7H2/b6-2-,10-3-,12-5?,14-11?. The molecule has 2 heterocycles. The minimum atomic E-state index is 0.669. The molecule has 1 aromatic heterocycles. The lowest BCUT2D eigenvalue weighted by Gasteiger charge is -1.91. The van der Waals surface area contributed by atoms with E-state index in [0.717, 1.165) is 17.0 Å². The molecule has 0 bridgehead atoms. The van der Waals surface area contributed by atoms with E-state index in [0.29, 0.717) is 6.54 Å². The van der Waals surface area contributed by atoms with Crippen LogP contribution in [0.15, 0.2) is 40.7 Å². The molecule has 0 aromatic carbocycles. The molecule has 1 aromatic rings. The number of nitrogens with zero attached hydrogens (tertiary/aromatic N) is 3. The van der Waals surface area contributed by atoms with Crippen molar-refractivity contribution < 1.29 is 0 Å². The molecule has 0 N–H and O–H groups in total. The number of aliphatic imine (C=N–C) groups is 1. The molecular weight excluding hydrogens is 174 g/mol. The van der Waals surface area contributed by atoms with Crippen LogP contribution < -0.4 is 10.6 Å². The van der Waals surface area contributed by atoms with Crippen molar-refractivity contribution in [2.24, 2.45) is 9.98 Å². The molecule has 3 heteroatoms. The zero-order valence-electron chi connectivity index (χ0n) is 7.80. The molecule has 0 aliphatic carbocycles. The molecule has 1 aliphatic rings. The van der Waals surface area contributed by atoms with Gasteiger partial charge in [0.25, 0.3) is 0 Å². The molecule has 1 aliphatic heterocycles. The quantitative estimate of drug-likeness (QED) is 0.579. The summed E-state index contributed by atoms with van der Waals surface area (Å²) in [5.74, 6) is 0. The van der Waals surface area contributed by atoms with Crippen molar-refractivity contribution in [3.63, 3.8) is 0 Å². The molecule has 0 fully saturated rings. The van der Waals surface area contributed by atoms with E-state index in [1.54, 1.807) is 12.4 Å². The lowest BCUT2D eigenvalue weighted by atomic mass is 10.3. The van der Waals surface area contributed by atoms with Crippen molar-refractivity contribution in [1.29, 1.82) is 0 Å². The molecule has 14 heavy (non-hydrogen) atoms. The molecule has 0 unspecified atom stereocenters. The number of fused-ring (bicyclic) bond motifs is 1. The maximum absolute atomic E-state index is 4.42. The highest BCUT2D eigenvalue weighted by Crippen LogP contribution is 1.81. The Bertz CT molecular complexity index is 427. The molecule has 0 amide bonds. The molecule has 0 saturated heterocycles. The van der Waals surface area contributed by atoms with Gasteiger partial charge >= 0.3 is 0 Å². The maximum Gasteiger partial charge on any atom is 0.0678 e. The fourth-order valence-corrected chi connectivity index (χ4v) is 1.26. The van der Waals surface area contributed by atoms with E-state index in [1.165, 1.54) is 0 Å². The van der Waals surface area contributed by atoms with Crippen LogP contribution in [0.5, 0.6) is 0 Å². The predicted octanol–water partition coefficient (Wildman–Crippen LogP) is 0.470. The Morgan fingerprint density at radius 1 is 1.29 bits per heavy atom. The average Bonchev–Trinajstić information content (AvgIpc) is 2.25. The summed E-state index contributed by atoms with van der Waals surface area (Å²) in [7, 11) is 0. The summed E-state index contributed by atoms with van der Waals surface area (Å²) < 4.78 is 0. The Hall–Kier alpha value is -1.77. The Balaban J connectivity index is 2.54. The SMILES string of the molecule is C1=N/C=C\CN=c2ccnc/c2=C/C1. The maximum atomic E-state index is 4.42. The van der Waals surface area contributed by atoms with Crippen LogP contribution in [0, 0.1) is 0 Å². The molecule has 0 radical (unpaired) electrons. The zero-order chi connectivity index (χ0) is 9.64. The first-order valence-corrected chi connectivity index (χ1v) is 4.58. The van der Waals surface area contributed by atoms with Gasteiger partial charge in [-0.05, 0) is 12.1 Å². The molecule has 3 nitrogen and oxygen atoms in total. The number of hydrogen-bond acceptors (Lipinski definition) is 3. The Kier molecular flexibility index (Phi) is 2.81. The van der Waals surface area contributed by atoms with Crippen LogP contribution in [0.25, 0.3) is 6.08 Å². The highest BCUT2D eigenvalue weighted by molar-refractivity contribution is 5.65. The van der Waals surface area contributed by atoms with Crippen molar-refractivity contribution in [2.45, 2.75) is 6.42 Å². The topological polar surface area (TPSA) is 37.6 Å². The van der Waals surface area contributed by atoms with E-state index in [9.17, 15) is 0 Å². The highest BCUT2D eigenvalue weighted by Gasteiger charge is 1.86. The van der Waals surface area contributed by atoms with E-state index >= 15 is 0 Å². The van der Waals surface area contributed by atoms with Gasteiger partial charge in [-0.3, -0.25) is 15.0 Å². The van der Waals surface area contributed by atoms with Crippen molar-refractivity contribution in [1.82, 2.24) is 4.98 Å². The van der Waals surface area contributed by atoms with Crippen LogP contribution in [0.1, 0.15) is 6.42 Å². The van der Waals surface area contributed by atoms with Crippen LogP contribution >= 0.6 is 0 Å². The highest BCUT2D eigenvalue weighted by atomic mass is 14.7. The number of pyridine rings is 1. The average molecular weight is 185 g/mol. The Labute approximate surface area is 82.2 Å². The van der Waals surface area contributed by atoms with Crippen LogP contribution in [-0.2, 0) is 0 Å². The number of hydrogen-bond donors (Lipinski definition) is 0. The van der Waals surface area contributed by atoms with Crippen LogP contribution in [-0.4, -0.2) is 17.7 Å². The van der Waals surface area contributed by atoms with Gasteiger partial charge in [0, 0.05) is 36.4 Å². The van der Waals surface area contributed by atoms with Crippen LogP contribution in [0.4, 0.5) is 0 Å². The molecule has 2 rings (SSSR count). The minimum absolute atomic E-state index is 0.669. The lowest BCUT2D eigenvalue weighted by Crippen LogP contribution is -2.25. The summed E-state index contributed by atoms with van der Waals surface area (Å²) in [6.45, 7) is 0.669. The largest absolute Gasteiger partial charge is 0.280 e. The Morgan fingerprint density at radius 3 is 3.29 bits per heavy atom. The molecule has 0 saturated carbocycles. The summed E-state index contributed by atoms with van der Waals surface area (Å²) in [5.41, 5.74) is 0. The van der Waals surface area contributed by atoms with Gasteiger partial charge in [0.05, 0.1) is 11.9 Å². The van der Waals surface area contributed by atoms with Gasteiger partial charge in [-0.2, -0.15) is 0 Å². The lowest BCUT2D eigenvalue weighted by molar-refractivity contribution is 1.10. The Morgan fingerprint density at radius 2 is 2.29 bits per heavy atom. The third kappa shape index (κ3) is 2.13. The van der Waals surface area contributed by atoms with E-state index in [2.05, 4.69) is 21.0 Å². The van der Waals surface area contributed by atoms with Crippen molar-refractivity contribution in [3.05, 3.63) is 41.3 Å². The van der Waals surface area contributed by atoms with E-state index in [1.807, 2.05) is 24.6 Å². The van der Waals surface area contributed by atoms with E-state index in [4.69, 9.17) is 0 Å². The van der Waals surface area contributed by atoms with Gasteiger partial charge in [-0.1, -0.05) is 6.08 Å². The summed E-state index contributed by atoms with van der Waals surface area (Å²) >= 11 is 0. The summed E-state index contributed by atoms with van der Waals surface area (Å²) in [5, 5.41) is 2.08. The normalized spacial score (nSPS) is 19.9. The van der Waals surface area contributed by atoms with Crippen molar-refractivity contribution >= 4 is 12.3 Å². The van der Waals surface area contributed by atoms with Crippen molar-refractivity contribution in [2.75, 3.05) is 6.54 Å². The van der Waals surface area contributed by atoms with E-state index in [-0.39, 0.29) is 0 Å². The number of aromatic nitrogens is 1. The first kappa shape index (κ1) is 8.81. The summed E-state index contributed by atoms with van der Waals surface area (Å²) in [4.78, 5) is 12.6. The van der Waals surface area contributed by atoms with Gasteiger partial charge < -0.3 is 0 Å². The first-order chi connectivity index (χ1) is 6.97. The fourth-order valence-electron chi connectivity index (χ4n) is 1.26. The monoisotopic (exact) mass is 185 g/mol. The number of rotatable bonds is 0.